The number of benzene rings is 2. The molecule has 0 spiro atoms. The van der Waals surface area contributed by atoms with Crippen LogP contribution >= 0.6 is 12.2 Å². The zero-order chi connectivity index (χ0) is 20.3. The summed E-state index contributed by atoms with van der Waals surface area (Å²) in [5, 5.41) is 0.455. The van der Waals surface area contributed by atoms with Gasteiger partial charge < -0.3 is 14.4 Å². The number of carbonyl (C=O) groups excluding carboxylic acids is 1. The maximum Gasteiger partial charge on any atom is 0.276 e. The second kappa shape index (κ2) is 8.39. The van der Waals surface area contributed by atoms with Gasteiger partial charge in [-0.3, -0.25) is 9.69 Å². The molecule has 7 heteroatoms. The van der Waals surface area contributed by atoms with Crippen molar-refractivity contribution in [2.75, 3.05) is 20.7 Å². The first-order chi connectivity index (χ1) is 13.4. The maximum absolute atomic E-state index is 13.3. The van der Waals surface area contributed by atoms with Gasteiger partial charge in [-0.05, 0) is 60.6 Å². The molecule has 146 valence electrons. The second-order valence-corrected chi connectivity index (χ2v) is 6.66. The van der Waals surface area contributed by atoms with E-state index in [-0.39, 0.29) is 18.3 Å². The molecule has 5 nitrogen and oxygen atoms in total. The molecule has 1 aliphatic rings. The van der Waals surface area contributed by atoms with Gasteiger partial charge in [-0.2, -0.15) is 0 Å². The summed E-state index contributed by atoms with van der Waals surface area (Å²) < 4.78 is 24.8. The molecule has 0 unspecified atom stereocenters. The van der Waals surface area contributed by atoms with E-state index in [1.807, 2.05) is 13.0 Å². The lowest BCUT2D eigenvalue weighted by atomic mass is 10.1. The zero-order valence-electron chi connectivity index (χ0n) is 15.9. The average Bonchev–Trinajstić information content (AvgIpc) is 2.85. The fourth-order valence-corrected chi connectivity index (χ4v) is 3.02. The summed E-state index contributed by atoms with van der Waals surface area (Å²) in [5.41, 5.74) is 2.00. The lowest BCUT2D eigenvalue weighted by Gasteiger charge is -2.14. The van der Waals surface area contributed by atoms with E-state index in [2.05, 4.69) is 0 Å². The molecule has 1 heterocycles. The molecular weight excluding hydrogens is 379 g/mol. The Balaban J connectivity index is 1.84. The fourth-order valence-electron chi connectivity index (χ4n) is 2.84. The minimum absolute atomic E-state index is 0.156. The molecule has 1 aliphatic heterocycles. The molecule has 0 N–H and O–H groups in total. The normalized spacial score (nSPS) is 15.5. The summed E-state index contributed by atoms with van der Waals surface area (Å²) in [7, 11) is 3.41. The van der Waals surface area contributed by atoms with Crippen LogP contribution in [-0.2, 0) is 11.4 Å². The van der Waals surface area contributed by atoms with Gasteiger partial charge in [0.25, 0.3) is 5.91 Å². The summed E-state index contributed by atoms with van der Waals surface area (Å²) in [5.74, 6) is 0.641. The standard InChI is InChI=1S/C21H21FN2O3S/c1-4-26-19-12-14(11-17-20(25)24(3)21(28)23(17)2)8-9-18(19)27-13-15-6-5-7-16(22)10-15/h5-12H,4,13H2,1-3H3. The third kappa shape index (κ3) is 4.14. The van der Waals surface area contributed by atoms with Crippen molar-refractivity contribution in [2.24, 2.45) is 0 Å². The van der Waals surface area contributed by atoms with E-state index < -0.39 is 0 Å². The Morgan fingerprint density at radius 2 is 1.86 bits per heavy atom. The highest BCUT2D eigenvalue weighted by Gasteiger charge is 2.32. The molecule has 0 bridgehead atoms. The molecule has 1 saturated heterocycles. The monoisotopic (exact) mass is 400 g/mol. The molecule has 28 heavy (non-hydrogen) atoms. The fraction of sp³-hybridized carbons (Fsp3) is 0.238. The highest BCUT2D eigenvalue weighted by Crippen LogP contribution is 2.31. The summed E-state index contributed by atoms with van der Waals surface area (Å²) in [6.07, 6.45) is 1.76. The third-order valence-electron chi connectivity index (χ3n) is 4.31. The van der Waals surface area contributed by atoms with Crippen LogP contribution in [0.15, 0.2) is 48.2 Å². The van der Waals surface area contributed by atoms with E-state index in [4.69, 9.17) is 21.7 Å². The van der Waals surface area contributed by atoms with Crippen molar-refractivity contribution < 1.29 is 18.7 Å². The van der Waals surface area contributed by atoms with Crippen molar-refractivity contribution in [3.8, 4) is 11.5 Å². The Hall–Kier alpha value is -2.93. The number of nitrogens with zero attached hydrogens (tertiary/aromatic N) is 2. The molecule has 0 atom stereocenters. The van der Waals surface area contributed by atoms with Crippen LogP contribution in [0.25, 0.3) is 6.08 Å². The van der Waals surface area contributed by atoms with E-state index >= 15 is 0 Å². The van der Waals surface area contributed by atoms with Gasteiger partial charge in [0, 0.05) is 14.1 Å². The Morgan fingerprint density at radius 1 is 1.07 bits per heavy atom. The quantitative estimate of drug-likeness (QED) is 0.545. The molecule has 0 aromatic heterocycles. The van der Waals surface area contributed by atoms with Crippen LogP contribution in [0.1, 0.15) is 18.1 Å². The number of amides is 1. The van der Waals surface area contributed by atoms with Crippen molar-refractivity contribution in [2.45, 2.75) is 13.5 Å². The van der Waals surface area contributed by atoms with Gasteiger partial charge >= 0.3 is 0 Å². The predicted octanol–water partition coefficient (Wildman–Crippen LogP) is 3.83. The van der Waals surface area contributed by atoms with Gasteiger partial charge in [-0.15, -0.1) is 0 Å². The minimum Gasteiger partial charge on any atom is -0.490 e. The van der Waals surface area contributed by atoms with E-state index in [0.717, 1.165) is 11.1 Å². The van der Waals surface area contributed by atoms with Gasteiger partial charge in [-0.25, -0.2) is 4.39 Å². The van der Waals surface area contributed by atoms with Crippen molar-refractivity contribution in [3.63, 3.8) is 0 Å². The van der Waals surface area contributed by atoms with Crippen LogP contribution in [0.4, 0.5) is 4.39 Å². The minimum atomic E-state index is -0.304. The molecule has 2 aromatic rings. The maximum atomic E-state index is 13.3. The Morgan fingerprint density at radius 3 is 2.50 bits per heavy atom. The molecule has 3 rings (SSSR count). The molecular formula is C21H21FN2O3S. The van der Waals surface area contributed by atoms with Crippen molar-refractivity contribution >= 4 is 29.3 Å². The number of ether oxygens (including phenoxy) is 2. The van der Waals surface area contributed by atoms with Crippen LogP contribution in [0.2, 0.25) is 0 Å². The Bertz CT molecular complexity index is 945. The number of hydrogen-bond acceptors (Lipinski definition) is 4. The van der Waals surface area contributed by atoms with E-state index in [1.165, 1.54) is 17.0 Å². The van der Waals surface area contributed by atoms with Crippen LogP contribution in [0.5, 0.6) is 11.5 Å². The topological polar surface area (TPSA) is 42.0 Å². The van der Waals surface area contributed by atoms with Gasteiger partial charge in [0.05, 0.1) is 6.61 Å². The summed E-state index contributed by atoms with van der Waals surface area (Å²) in [6, 6.07) is 11.7. The highest BCUT2D eigenvalue weighted by molar-refractivity contribution is 7.80. The van der Waals surface area contributed by atoms with Crippen LogP contribution in [-0.4, -0.2) is 41.5 Å². The zero-order valence-corrected chi connectivity index (χ0v) is 16.8. The largest absolute Gasteiger partial charge is 0.490 e. The van der Waals surface area contributed by atoms with Crippen LogP contribution < -0.4 is 9.47 Å². The van der Waals surface area contributed by atoms with Crippen LogP contribution in [0.3, 0.4) is 0 Å². The first-order valence-electron chi connectivity index (χ1n) is 8.82. The third-order valence-corrected chi connectivity index (χ3v) is 4.86. The van der Waals surface area contributed by atoms with E-state index in [9.17, 15) is 9.18 Å². The SMILES string of the molecule is CCOc1cc(C=C2C(=O)N(C)C(=S)N2C)ccc1OCc1cccc(F)c1. The highest BCUT2D eigenvalue weighted by atomic mass is 32.1. The summed E-state index contributed by atoms with van der Waals surface area (Å²) in [6.45, 7) is 2.56. The number of thiocarbonyl (C=S) groups is 1. The first-order valence-corrected chi connectivity index (χ1v) is 9.23. The Labute approximate surface area is 169 Å². The van der Waals surface area contributed by atoms with E-state index in [1.54, 1.807) is 49.3 Å². The first kappa shape index (κ1) is 19.8. The average molecular weight is 400 g/mol. The number of halogens is 1. The molecule has 2 aromatic carbocycles. The molecule has 0 radical (unpaired) electrons. The van der Waals surface area contributed by atoms with Crippen molar-refractivity contribution in [1.29, 1.82) is 0 Å². The predicted molar refractivity (Wildman–Crippen MR) is 109 cm³/mol. The lowest BCUT2D eigenvalue weighted by molar-refractivity contribution is -0.121. The van der Waals surface area contributed by atoms with E-state index in [0.29, 0.717) is 28.9 Å². The van der Waals surface area contributed by atoms with Crippen molar-refractivity contribution in [1.82, 2.24) is 9.80 Å². The van der Waals surface area contributed by atoms with Gasteiger partial charge in [0.2, 0.25) is 0 Å². The summed E-state index contributed by atoms with van der Waals surface area (Å²) >= 11 is 5.23. The smallest absolute Gasteiger partial charge is 0.276 e. The van der Waals surface area contributed by atoms with Crippen LogP contribution in [0, 0.1) is 5.82 Å². The van der Waals surface area contributed by atoms with Gasteiger partial charge in [-0.1, -0.05) is 18.2 Å². The molecule has 1 amide bonds. The van der Waals surface area contributed by atoms with Gasteiger partial charge in [0.1, 0.15) is 18.1 Å². The van der Waals surface area contributed by atoms with Gasteiger partial charge in [0.15, 0.2) is 16.6 Å². The number of likely N-dealkylation sites (N-methyl/N-ethyl adjacent to an activating group) is 2. The Kier molecular flexibility index (Phi) is 5.94. The number of hydrogen-bond donors (Lipinski definition) is 0. The molecule has 0 aliphatic carbocycles. The second-order valence-electron chi connectivity index (χ2n) is 6.29. The number of carbonyl (C=O) groups is 1. The van der Waals surface area contributed by atoms with Crippen molar-refractivity contribution in [3.05, 3.63) is 65.1 Å². The lowest BCUT2D eigenvalue weighted by Crippen LogP contribution is -2.26. The molecule has 1 fully saturated rings. The number of rotatable bonds is 6. The molecule has 0 saturated carbocycles. The summed E-state index contributed by atoms with van der Waals surface area (Å²) in [4.78, 5) is 15.4.